The molecule has 1 aliphatic rings. The highest BCUT2D eigenvalue weighted by Crippen LogP contribution is 2.24. The molecule has 3 aromatic rings. The predicted molar refractivity (Wildman–Crippen MR) is 115 cm³/mol. The monoisotopic (exact) mass is 424 g/mol. The smallest absolute Gasteiger partial charge is 0.293 e. The molecule has 4 rings (SSSR count). The lowest BCUT2D eigenvalue weighted by Crippen LogP contribution is -2.42. The van der Waals surface area contributed by atoms with Gasteiger partial charge in [0.05, 0.1) is 17.2 Å². The summed E-state index contributed by atoms with van der Waals surface area (Å²) >= 11 is 0. The summed E-state index contributed by atoms with van der Waals surface area (Å²) in [5.41, 5.74) is 1.65. The van der Waals surface area contributed by atoms with Crippen LogP contribution < -0.4 is 0 Å². The molecule has 1 aliphatic heterocycles. The van der Waals surface area contributed by atoms with Gasteiger partial charge < -0.3 is 4.90 Å². The molecule has 0 radical (unpaired) electrons. The van der Waals surface area contributed by atoms with Gasteiger partial charge in [-0.2, -0.15) is 0 Å². The molecule has 1 amide bonds. The molecule has 1 saturated heterocycles. The van der Waals surface area contributed by atoms with Crippen LogP contribution in [-0.4, -0.2) is 58.1 Å². The van der Waals surface area contributed by atoms with Gasteiger partial charge in [-0.3, -0.25) is 4.79 Å². The molecule has 30 heavy (non-hydrogen) atoms. The number of hydrogen-bond acceptors (Lipinski definition) is 5. The first-order valence-electron chi connectivity index (χ1n) is 10.1. The maximum atomic E-state index is 13.4. The predicted octanol–water partition coefficient (Wildman–Crippen LogP) is 2.97. The number of amides is 1. The summed E-state index contributed by atoms with van der Waals surface area (Å²) in [5.74, 6) is 0.442. The van der Waals surface area contributed by atoms with Gasteiger partial charge in [0.1, 0.15) is 0 Å². The van der Waals surface area contributed by atoms with Crippen molar-refractivity contribution in [2.24, 2.45) is 0 Å². The fourth-order valence-corrected chi connectivity index (χ4v) is 5.50. The summed E-state index contributed by atoms with van der Waals surface area (Å²) in [6, 6.07) is 18.8. The number of sulfone groups is 1. The minimum absolute atomic E-state index is 0.00365. The Kier molecular flexibility index (Phi) is 5.67. The van der Waals surface area contributed by atoms with Crippen molar-refractivity contribution in [3.63, 3.8) is 0 Å². The molecule has 8 heteroatoms. The Balaban J connectivity index is 1.75. The van der Waals surface area contributed by atoms with E-state index < -0.39 is 9.84 Å². The fourth-order valence-electron chi connectivity index (χ4n) is 3.77. The summed E-state index contributed by atoms with van der Waals surface area (Å²) in [4.78, 5) is 19.6. The Labute approximate surface area is 176 Å². The molecular weight excluding hydrogens is 400 g/mol. The first-order chi connectivity index (χ1) is 14.5. The van der Waals surface area contributed by atoms with Crippen LogP contribution in [-0.2, 0) is 9.84 Å². The van der Waals surface area contributed by atoms with E-state index in [0.717, 1.165) is 17.7 Å². The zero-order chi connectivity index (χ0) is 21.1. The molecule has 0 saturated carbocycles. The van der Waals surface area contributed by atoms with Crippen molar-refractivity contribution < 1.29 is 13.2 Å². The Morgan fingerprint density at radius 3 is 2.37 bits per heavy atom. The molecule has 1 aromatic heterocycles. The average Bonchev–Trinajstić information content (AvgIpc) is 3.36. The second kappa shape index (κ2) is 8.39. The second-order valence-electron chi connectivity index (χ2n) is 7.43. The van der Waals surface area contributed by atoms with Gasteiger partial charge in [0.15, 0.2) is 15.7 Å². The van der Waals surface area contributed by atoms with Crippen molar-refractivity contribution >= 4 is 15.7 Å². The summed E-state index contributed by atoms with van der Waals surface area (Å²) in [6.45, 7) is 2.44. The minimum Gasteiger partial charge on any atom is -0.332 e. The Hall–Kier alpha value is -3.00. The summed E-state index contributed by atoms with van der Waals surface area (Å²) < 4.78 is 25.6. The van der Waals surface area contributed by atoms with Crippen LogP contribution in [0.5, 0.6) is 0 Å². The van der Waals surface area contributed by atoms with Crippen LogP contribution in [0.4, 0.5) is 0 Å². The molecule has 2 aromatic carbocycles. The zero-order valence-corrected chi connectivity index (χ0v) is 17.6. The number of nitrogens with zero attached hydrogens (tertiary/aromatic N) is 4. The molecule has 1 atom stereocenters. The van der Waals surface area contributed by atoms with Crippen molar-refractivity contribution in [1.82, 2.24) is 19.7 Å². The van der Waals surface area contributed by atoms with E-state index in [2.05, 4.69) is 10.1 Å². The van der Waals surface area contributed by atoms with E-state index in [1.54, 1.807) is 9.58 Å². The third-order valence-corrected chi connectivity index (χ3v) is 6.96. The second-order valence-corrected chi connectivity index (χ2v) is 9.66. The van der Waals surface area contributed by atoms with Crippen LogP contribution in [0.2, 0.25) is 0 Å². The van der Waals surface area contributed by atoms with Crippen LogP contribution in [0.15, 0.2) is 60.7 Å². The van der Waals surface area contributed by atoms with Gasteiger partial charge in [0.25, 0.3) is 5.91 Å². The number of hydrogen-bond donors (Lipinski definition) is 0. The summed E-state index contributed by atoms with van der Waals surface area (Å²) in [5, 5.41) is 4.53. The molecule has 0 spiro atoms. The minimum atomic E-state index is -3.10. The quantitative estimate of drug-likeness (QED) is 0.607. The van der Waals surface area contributed by atoms with Gasteiger partial charge in [-0.15, -0.1) is 5.10 Å². The normalized spacial score (nSPS) is 17.7. The summed E-state index contributed by atoms with van der Waals surface area (Å²) in [6.07, 6.45) is 1.19. The van der Waals surface area contributed by atoms with Crippen LogP contribution in [0, 0.1) is 0 Å². The standard InChI is InChI=1S/C22H24N4O3S/c1-2-14-25(19-13-15-30(28,29)16-19)22(27)20-23-21(17-9-5-3-6-10-17)26(24-20)18-11-7-4-8-12-18/h3-12,19H,2,13-16H2,1H3. The highest BCUT2D eigenvalue weighted by Gasteiger charge is 2.36. The molecule has 156 valence electrons. The molecule has 2 heterocycles. The number of aromatic nitrogens is 3. The van der Waals surface area contributed by atoms with Gasteiger partial charge >= 0.3 is 0 Å². The molecule has 1 fully saturated rings. The van der Waals surface area contributed by atoms with Crippen LogP contribution in [0.1, 0.15) is 30.4 Å². The van der Waals surface area contributed by atoms with Crippen LogP contribution in [0.3, 0.4) is 0 Å². The first-order valence-corrected chi connectivity index (χ1v) is 11.9. The molecular formula is C22H24N4O3S. The maximum absolute atomic E-state index is 13.4. The topological polar surface area (TPSA) is 85.2 Å². The molecule has 0 bridgehead atoms. The van der Waals surface area contributed by atoms with Gasteiger partial charge in [0, 0.05) is 18.2 Å². The SMILES string of the molecule is CCCN(C(=O)c1nc(-c2ccccc2)n(-c2ccccc2)n1)C1CCS(=O)(=O)C1. The van der Waals surface area contributed by atoms with E-state index >= 15 is 0 Å². The number of carbonyl (C=O) groups excluding carboxylic acids is 1. The number of benzene rings is 2. The number of carbonyl (C=O) groups is 1. The first kappa shape index (κ1) is 20.3. The van der Waals surface area contributed by atoms with Crippen molar-refractivity contribution in [2.45, 2.75) is 25.8 Å². The Morgan fingerprint density at radius 1 is 1.10 bits per heavy atom. The van der Waals surface area contributed by atoms with E-state index in [1.807, 2.05) is 67.6 Å². The molecule has 7 nitrogen and oxygen atoms in total. The third-order valence-electron chi connectivity index (χ3n) is 5.21. The maximum Gasteiger partial charge on any atom is 0.293 e. The number of rotatable bonds is 6. The summed E-state index contributed by atoms with van der Waals surface area (Å²) in [7, 11) is -3.10. The lowest BCUT2D eigenvalue weighted by atomic mass is 10.2. The lowest BCUT2D eigenvalue weighted by Gasteiger charge is -2.26. The van der Waals surface area contributed by atoms with Crippen molar-refractivity contribution in [1.29, 1.82) is 0 Å². The fraction of sp³-hybridized carbons (Fsp3) is 0.318. The van der Waals surface area contributed by atoms with Crippen LogP contribution >= 0.6 is 0 Å². The molecule has 0 N–H and O–H groups in total. The van der Waals surface area contributed by atoms with Crippen molar-refractivity contribution in [2.75, 3.05) is 18.1 Å². The highest BCUT2D eigenvalue weighted by molar-refractivity contribution is 7.91. The van der Waals surface area contributed by atoms with E-state index in [-0.39, 0.29) is 29.3 Å². The molecule has 1 unspecified atom stereocenters. The lowest BCUT2D eigenvalue weighted by molar-refractivity contribution is 0.0684. The average molecular weight is 425 g/mol. The molecule has 0 aliphatic carbocycles. The third kappa shape index (κ3) is 4.14. The van der Waals surface area contributed by atoms with Crippen molar-refractivity contribution in [3.8, 4) is 17.1 Å². The Bertz CT molecular complexity index is 1070. The van der Waals surface area contributed by atoms with E-state index in [4.69, 9.17) is 0 Å². The highest BCUT2D eigenvalue weighted by atomic mass is 32.2. The van der Waals surface area contributed by atoms with E-state index in [1.165, 1.54) is 0 Å². The zero-order valence-electron chi connectivity index (χ0n) is 16.8. The van der Waals surface area contributed by atoms with Gasteiger partial charge in [-0.1, -0.05) is 55.5 Å². The number of para-hydroxylation sites is 1. The van der Waals surface area contributed by atoms with Gasteiger partial charge in [-0.05, 0) is 25.0 Å². The van der Waals surface area contributed by atoms with Gasteiger partial charge in [-0.25, -0.2) is 18.1 Å². The van der Waals surface area contributed by atoms with Crippen molar-refractivity contribution in [3.05, 3.63) is 66.5 Å². The Morgan fingerprint density at radius 2 is 1.77 bits per heavy atom. The largest absolute Gasteiger partial charge is 0.332 e. The van der Waals surface area contributed by atoms with E-state index in [9.17, 15) is 13.2 Å². The van der Waals surface area contributed by atoms with E-state index in [0.29, 0.717) is 18.8 Å². The van der Waals surface area contributed by atoms with Gasteiger partial charge in [0.2, 0.25) is 5.82 Å². The van der Waals surface area contributed by atoms with Crippen LogP contribution in [0.25, 0.3) is 17.1 Å².